The van der Waals surface area contributed by atoms with Gasteiger partial charge in [0.1, 0.15) is 0 Å². The van der Waals surface area contributed by atoms with Crippen molar-refractivity contribution in [2.24, 2.45) is 5.92 Å². The van der Waals surface area contributed by atoms with Gasteiger partial charge in [0, 0.05) is 44.6 Å². The maximum atomic E-state index is 13.4. The second-order valence-corrected chi connectivity index (χ2v) is 9.53. The van der Waals surface area contributed by atoms with E-state index >= 15 is 0 Å². The van der Waals surface area contributed by atoms with Gasteiger partial charge in [0.25, 0.3) is 5.91 Å². The predicted octanol–water partition coefficient (Wildman–Crippen LogP) is 4.19. The summed E-state index contributed by atoms with van der Waals surface area (Å²) >= 11 is 0. The molecular formula is C28H30N4O5. The molecule has 37 heavy (non-hydrogen) atoms. The molecule has 1 N–H and O–H groups in total. The molecule has 0 fully saturated rings. The Hall–Kier alpha value is -4.27. The minimum atomic E-state index is -0.841. The summed E-state index contributed by atoms with van der Waals surface area (Å²) in [5, 5.41) is 14.9. The van der Waals surface area contributed by atoms with Crippen LogP contribution in [0.15, 0.2) is 64.4 Å². The normalized spacial score (nSPS) is 15.6. The summed E-state index contributed by atoms with van der Waals surface area (Å²) in [5.74, 6) is -1.13. The summed E-state index contributed by atoms with van der Waals surface area (Å²) in [7, 11) is 3.40. The lowest BCUT2D eigenvalue weighted by atomic mass is 9.87. The van der Waals surface area contributed by atoms with Crippen molar-refractivity contribution in [3.8, 4) is 11.4 Å². The third-order valence-corrected chi connectivity index (χ3v) is 6.39. The van der Waals surface area contributed by atoms with Crippen LogP contribution in [0.25, 0.3) is 11.4 Å². The first kappa shape index (κ1) is 25.8. The Balaban J connectivity index is 1.79. The van der Waals surface area contributed by atoms with Crippen molar-refractivity contribution >= 4 is 23.3 Å². The van der Waals surface area contributed by atoms with Crippen LogP contribution in [-0.2, 0) is 20.8 Å². The number of anilines is 1. The summed E-state index contributed by atoms with van der Waals surface area (Å²) < 4.78 is 5.06. The van der Waals surface area contributed by atoms with E-state index < -0.39 is 23.6 Å². The lowest BCUT2D eigenvalue weighted by Crippen LogP contribution is -2.32. The topological polar surface area (TPSA) is 117 Å². The van der Waals surface area contributed by atoms with Gasteiger partial charge in [-0.15, -0.1) is 0 Å². The van der Waals surface area contributed by atoms with Gasteiger partial charge in [0.2, 0.25) is 17.6 Å². The van der Waals surface area contributed by atoms with Gasteiger partial charge in [-0.2, -0.15) is 4.98 Å². The number of aliphatic hydroxyl groups is 1. The Morgan fingerprint density at radius 1 is 1.11 bits per heavy atom. The molecule has 0 aliphatic carbocycles. The summed E-state index contributed by atoms with van der Waals surface area (Å²) in [4.78, 5) is 46.2. The van der Waals surface area contributed by atoms with Crippen molar-refractivity contribution in [3.05, 3.63) is 76.9 Å². The highest BCUT2D eigenvalue weighted by Crippen LogP contribution is 2.43. The average Bonchev–Trinajstić information content (AvgIpc) is 3.43. The van der Waals surface area contributed by atoms with E-state index in [9.17, 15) is 19.5 Å². The molecule has 192 valence electrons. The van der Waals surface area contributed by atoms with Gasteiger partial charge in [-0.1, -0.05) is 43.3 Å². The fourth-order valence-corrected chi connectivity index (χ4v) is 4.41. The van der Waals surface area contributed by atoms with Gasteiger partial charge in [-0.05, 0) is 41.8 Å². The molecule has 0 saturated carbocycles. The van der Waals surface area contributed by atoms with Crippen LogP contribution in [0.2, 0.25) is 0 Å². The Morgan fingerprint density at radius 2 is 1.78 bits per heavy atom. The highest BCUT2D eigenvalue weighted by molar-refractivity contribution is 6.17. The third-order valence-electron chi connectivity index (χ3n) is 6.39. The molecule has 0 bridgehead atoms. The SMILES string of the molecule is Cc1nc(-c2ccc(N3C(=O)C(O)=C(C(=O)C(C)C)C3c3ccccc3CCC(=O)N(C)C)cc2)no1. The molecule has 1 atom stereocenters. The zero-order chi connectivity index (χ0) is 26.9. The van der Waals surface area contributed by atoms with Gasteiger partial charge in [0.05, 0.1) is 11.6 Å². The average molecular weight is 503 g/mol. The molecule has 1 unspecified atom stereocenters. The highest BCUT2D eigenvalue weighted by Gasteiger charge is 2.45. The van der Waals surface area contributed by atoms with Crippen LogP contribution in [0.5, 0.6) is 0 Å². The van der Waals surface area contributed by atoms with Gasteiger partial charge in [-0.3, -0.25) is 19.3 Å². The fraction of sp³-hybridized carbons (Fsp3) is 0.321. The smallest absolute Gasteiger partial charge is 0.294 e. The van der Waals surface area contributed by atoms with Crippen LogP contribution in [-0.4, -0.2) is 51.8 Å². The van der Waals surface area contributed by atoms with Crippen molar-refractivity contribution in [2.45, 2.75) is 39.7 Å². The predicted molar refractivity (Wildman–Crippen MR) is 138 cm³/mol. The number of ketones is 1. The molecule has 0 radical (unpaired) electrons. The maximum absolute atomic E-state index is 13.4. The lowest BCUT2D eigenvalue weighted by Gasteiger charge is -2.29. The maximum Gasteiger partial charge on any atom is 0.294 e. The lowest BCUT2D eigenvalue weighted by molar-refractivity contribution is -0.128. The molecule has 3 aromatic rings. The number of carbonyl (C=O) groups excluding carboxylic acids is 3. The van der Waals surface area contributed by atoms with Crippen LogP contribution >= 0.6 is 0 Å². The molecule has 0 spiro atoms. The number of aromatic nitrogens is 2. The molecule has 1 aromatic heterocycles. The molecule has 1 aliphatic rings. The van der Waals surface area contributed by atoms with E-state index in [4.69, 9.17) is 4.52 Å². The van der Waals surface area contributed by atoms with E-state index in [1.165, 1.54) is 9.80 Å². The molecule has 1 aliphatic heterocycles. The zero-order valence-electron chi connectivity index (χ0n) is 21.6. The van der Waals surface area contributed by atoms with E-state index in [0.29, 0.717) is 35.0 Å². The van der Waals surface area contributed by atoms with Crippen LogP contribution in [0, 0.1) is 12.8 Å². The third kappa shape index (κ3) is 5.02. The van der Waals surface area contributed by atoms with E-state index in [1.54, 1.807) is 59.1 Å². The van der Waals surface area contributed by atoms with E-state index in [-0.39, 0.29) is 23.7 Å². The first-order chi connectivity index (χ1) is 17.6. The minimum absolute atomic E-state index is 0.0293. The quantitative estimate of drug-likeness (QED) is 0.491. The number of nitrogens with zero attached hydrogens (tertiary/aromatic N) is 4. The first-order valence-corrected chi connectivity index (χ1v) is 12.1. The molecule has 2 aromatic carbocycles. The molecule has 9 heteroatoms. The Morgan fingerprint density at radius 3 is 2.38 bits per heavy atom. The van der Waals surface area contributed by atoms with Crippen LogP contribution in [0.4, 0.5) is 5.69 Å². The Labute approximate surface area is 215 Å². The molecule has 9 nitrogen and oxygen atoms in total. The van der Waals surface area contributed by atoms with Crippen molar-refractivity contribution < 1.29 is 24.0 Å². The first-order valence-electron chi connectivity index (χ1n) is 12.1. The summed E-state index contributed by atoms with van der Waals surface area (Å²) in [6.07, 6.45) is 0.693. The minimum Gasteiger partial charge on any atom is -0.503 e. The van der Waals surface area contributed by atoms with Gasteiger partial charge in [0.15, 0.2) is 11.5 Å². The number of amides is 2. The number of carbonyl (C=O) groups is 3. The fourth-order valence-electron chi connectivity index (χ4n) is 4.41. The number of aryl methyl sites for hydroxylation is 2. The second-order valence-electron chi connectivity index (χ2n) is 9.53. The van der Waals surface area contributed by atoms with Crippen molar-refractivity contribution in [1.29, 1.82) is 0 Å². The summed E-state index contributed by atoms with van der Waals surface area (Å²) in [5.41, 5.74) is 2.76. The number of hydrogen-bond donors (Lipinski definition) is 1. The Kier molecular flexibility index (Phi) is 7.24. The number of aliphatic hydroxyl groups excluding tert-OH is 1. The van der Waals surface area contributed by atoms with Crippen molar-refractivity contribution in [1.82, 2.24) is 15.0 Å². The van der Waals surface area contributed by atoms with Gasteiger partial charge < -0.3 is 14.5 Å². The number of rotatable bonds is 8. The molecule has 2 heterocycles. The Bertz CT molecular complexity index is 1370. The summed E-state index contributed by atoms with van der Waals surface area (Å²) in [6.45, 7) is 5.16. The van der Waals surface area contributed by atoms with Crippen molar-refractivity contribution in [2.75, 3.05) is 19.0 Å². The van der Waals surface area contributed by atoms with Crippen LogP contribution in [0.1, 0.15) is 43.3 Å². The molecule has 4 rings (SSSR count). The highest BCUT2D eigenvalue weighted by atomic mass is 16.5. The molecular weight excluding hydrogens is 472 g/mol. The van der Waals surface area contributed by atoms with Gasteiger partial charge in [-0.25, -0.2) is 0 Å². The summed E-state index contributed by atoms with van der Waals surface area (Å²) in [6, 6.07) is 13.5. The molecule has 0 saturated heterocycles. The van der Waals surface area contributed by atoms with E-state index in [1.807, 2.05) is 24.3 Å². The second kappa shape index (κ2) is 10.4. The van der Waals surface area contributed by atoms with Gasteiger partial charge >= 0.3 is 0 Å². The van der Waals surface area contributed by atoms with Crippen LogP contribution in [0.3, 0.4) is 0 Å². The van der Waals surface area contributed by atoms with Crippen molar-refractivity contribution in [3.63, 3.8) is 0 Å². The number of hydrogen-bond acceptors (Lipinski definition) is 7. The number of Topliss-reactive ketones (excluding diaryl/α,β-unsaturated/α-hetero) is 1. The number of benzene rings is 2. The van der Waals surface area contributed by atoms with Crippen LogP contribution < -0.4 is 4.90 Å². The zero-order valence-corrected chi connectivity index (χ0v) is 21.6. The molecule has 2 amide bonds. The van der Waals surface area contributed by atoms with E-state index in [0.717, 1.165) is 5.56 Å². The van der Waals surface area contributed by atoms with E-state index in [2.05, 4.69) is 10.1 Å². The monoisotopic (exact) mass is 502 g/mol. The standard InChI is InChI=1S/C28H30N4O5/c1-16(2)25(34)23-24(21-9-7-6-8-18(21)12-15-22(33)31(4)5)32(28(36)26(23)35)20-13-10-19(11-14-20)27-29-17(3)37-30-27/h6-11,13-14,16,24,35H,12,15H2,1-5H3. The largest absolute Gasteiger partial charge is 0.503 e.